The van der Waals surface area contributed by atoms with E-state index in [2.05, 4.69) is 25.2 Å². The SMILES string of the molecule is CCC(C)Sc1ccc(NC(=O)N(C)CCC(=O)O)c(C)c1. The molecule has 1 atom stereocenters. The molecule has 0 aliphatic carbocycles. The van der Waals surface area contributed by atoms with E-state index in [1.807, 2.05) is 30.8 Å². The highest BCUT2D eigenvalue weighted by molar-refractivity contribution is 7.99. The fraction of sp³-hybridized carbons (Fsp3) is 0.500. The van der Waals surface area contributed by atoms with E-state index in [4.69, 9.17) is 5.11 Å². The quantitative estimate of drug-likeness (QED) is 0.748. The van der Waals surface area contributed by atoms with Crippen LogP contribution in [0, 0.1) is 6.92 Å². The molecule has 0 bridgehead atoms. The molecule has 0 saturated carbocycles. The molecule has 0 heterocycles. The zero-order valence-corrected chi connectivity index (χ0v) is 14.4. The van der Waals surface area contributed by atoms with Gasteiger partial charge in [0.1, 0.15) is 0 Å². The van der Waals surface area contributed by atoms with Crippen molar-refractivity contribution in [2.24, 2.45) is 0 Å². The van der Waals surface area contributed by atoms with Crippen LogP contribution >= 0.6 is 11.8 Å². The Labute approximate surface area is 136 Å². The smallest absolute Gasteiger partial charge is 0.321 e. The van der Waals surface area contributed by atoms with Crippen molar-refractivity contribution in [3.8, 4) is 0 Å². The van der Waals surface area contributed by atoms with Gasteiger partial charge in [-0.2, -0.15) is 0 Å². The highest BCUT2D eigenvalue weighted by Gasteiger charge is 2.12. The molecule has 0 spiro atoms. The Balaban J connectivity index is 2.65. The molecule has 6 heteroatoms. The summed E-state index contributed by atoms with van der Waals surface area (Å²) in [6.45, 7) is 6.48. The summed E-state index contributed by atoms with van der Waals surface area (Å²) in [6.07, 6.45) is 1.05. The van der Waals surface area contributed by atoms with E-state index in [9.17, 15) is 9.59 Å². The number of rotatable bonds is 7. The van der Waals surface area contributed by atoms with Crippen molar-refractivity contribution in [3.63, 3.8) is 0 Å². The molecule has 2 amide bonds. The van der Waals surface area contributed by atoms with Crippen LogP contribution < -0.4 is 5.32 Å². The van der Waals surface area contributed by atoms with E-state index in [-0.39, 0.29) is 19.0 Å². The van der Waals surface area contributed by atoms with Gasteiger partial charge in [-0.1, -0.05) is 13.8 Å². The highest BCUT2D eigenvalue weighted by atomic mass is 32.2. The lowest BCUT2D eigenvalue weighted by atomic mass is 10.2. The summed E-state index contributed by atoms with van der Waals surface area (Å²) in [7, 11) is 1.58. The number of thioether (sulfide) groups is 1. The minimum Gasteiger partial charge on any atom is -0.481 e. The van der Waals surface area contributed by atoms with Gasteiger partial charge in [0.25, 0.3) is 0 Å². The third-order valence-corrected chi connectivity index (χ3v) is 4.62. The molecule has 122 valence electrons. The number of urea groups is 1. The number of benzene rings is 1. The minimum atomic E-state index is -0.915. The fourth-order valence-electron chi connectivity index (χ4n) is 1.74. The Morgan fingerprint density at radius 3 is 2.64 bits per heavy atom. The van der Waals surface area contributed by atoms with Crippen molar-refractivity contribution < 1.29 is 14.7 Å². The number of carbonyl (C=O) groups excluding carboxylic acids is 1. The second-order valence-corrected chi connectivity index (χ2v) is 6.82. The van der Waals surface area contributed by atoms with Crippen LogP contribution in [0.4, 0.5) is 10.5 Å². The Morgan fingerprint density at radius 1 is 1.41 bits per heavy atom. The number of hydrogen-bond donors (Lipinski definition) is 2. The molecule has 0 aliphatic rings. The Bertz CT molecular complexity index is 534. The average molecular weight is 324 g/mol. The average Bonchev–Trinajstić information content (AvgIpc) is 2.47. The normalized spacial score (nSPS) is 11.8. The van der Waals surface area contributed by atoms with Crippen molar-refractivity contribution in [2.75, 3.05) is 18.9 Å². The van der Waals surface area contributed by atoms with Gasteiger partial charge in [-0.25, -0.2) is 4.79 Å². The monoisotopic (exact) mass is 324 g/mol. The Morgan fingerprint density at radius 2 is 2.09 bits per heavy atom. The number of aryl methyl sites for hydroxylation is 1. The summed E-state index contributed by atoms with van der Waals surface area (Å²) < 4.78 is 0. The largest absolute Gasteiger partial charge is 0.481 e. The van der Waals surface area contributed by atoms with E-state index in [1.54, 1.807) is 7.05 Å². The molecule has 5 nitrogen and oxygen atoms in total. The van der Waals surface area contributed by atoms with Crippen LogP contribution in [0.25, 0.3) is 0 Å². The van der Waals surface area contributed by atoms with Crippen molar-refractivity contribution in [3.05, 3.63) is 23.8 Å². The molecule has 0 saturated heterocycles. The van der Waals surface area contributed by atoms with Gasteiger partial charge < -0.3 is 15.3 Å². The summed E-state index contributed by atoms with van der Waals surface area (Å²) in [6, 6.07) is 5.65. The number of carboxylic acid groups (broad SMARTS) is 1. The molecule has 0 aromatic heterocycles. The standard InChI is InChI=1S/C16H24N2O3S/c1-5-12(3)22-13-6-7-14(11(2)10-13)17-16(21)18(4)9-8-15(19)20/h6-7,10,12H,5,8-9H2,1-4H3,(H,17,21)(H,19,20). The van der Waals surface area contributed by atoms with Crippen LogP contribution in [0.3, 0.4) is 0 Å². The first-order valence-corrected chi connectivity index (χ1v) is 8.22. The number of nitrogens with zero attached hydrogens (tertiary/aromatic N) is 1. The minimum absolute atomic E-state index is 0.0621. The maximum atomic E-state index is 12.0. The van der Waals surface area contributed by atoms with Crippen LogP contribution in [-0.4, -0.2) is 40.8 Å². The number of nitrogens with one attached hydrogen (secondary N) is 1. The van der Waals surface area contributed by atoms with Gasteiger partial charge in [0, 0.05) is 29.4 Å². The van der Waals surface area contributed by atoms with E-state index in [1.165, 1.54) is 9.80 Å². The summed E-state index contributed by atoms with van der Waals surface area (Å²) in [5, 5.41) is 12.0. The first-order chi connectivity index (χ1) is 10.3. The van der Waals surface area contributed by atoms with Crippen LogP contribution in [-0.2, 0) is 4.79 Å². The molecular weight excluding hydrogens is 300 g/mol. The lowest BCUT2D eigenvalue weighted by Crippen LogP contribution is -2.33. The van der Waals surface area contributed by atoms with Gasteiger partial charge >= 0.3 is 12.0 Å². The number of hydrogen-bond acceptors (Lipinski definition) is 3. The second kappa shape index (κ2) is 8.68. The molecule has 1 unspecified atom stereocenters. The van der Waals surface area contributed by atoms with E-state index < -0.39 is 5.97 Å². The third kappa shape index (κ3) is 5.97. The number of amides is 2. The van der Waals surface area contributed by atoms with Crippen LogP contribution in [0.15, 0.2) is 23.1 Å². The lowest BCUT2D eigenvalue weighted by Gasteiger charge is -2.18. The number of anilines is 1. The Kier molecular flexibility index (Phi) is 7.24. The predicted octanol–water partition coefficient (Wildman–Crippen LogP) is 3.82. The van der Waals surface area contributed by atoms with Crippen molar-refractivity contribution in [1.82, 2.24) is 4.90 Å². The van der Waals surface area contributed by atoms with E-state index in [0.717, 1.165) is 17.7 Å². The summed E-state index contributed by atoms with van der Waals surface area (Å²) in [4.78, 5) is 25.1. The van der Waals surface area contributed by atoms with Crippen molar-refractivity contribution >= 4 is 29.4 Å². The predicted molar refractivity (Wildman–Crippen MR) is 90.7 cm³/mol. The van der Waals surface area contributed by atoms with Gasteiger partial charge in [-0.3, -0.25) is 4.79 Å². The first kappa shape index (κ1) is 18.4. The third-order valence-electron chi connectivity index (χ3n) is 3.36. The molecule has 0 fully saturated rings. The van der Waals surface area contributed by atoms with Gasteiger partial charge in [-0.15, -0.1) is 11.8 Å². The molecule has 0 aliphatic heterocycles. The van der Waals surface area contributed by atoms with Crippen molar-refractivity contribution in [1.29, 1.82) is 0 Å². The first-order valence-electron chi connectivity index (χ1n) is 7.34. The van der Waals surface area contributed by atoms with Gasteiger partial charge in [0.15, 0.2) is 0 Å². The fourth-order valence-corrected chi connectivity index (χ4v) is 2.76. The summed E-state index contributed by atoms with van der Waals surface area (Å²) in [5.41, 5.74) is 1.74. The van der Waals surface area contributed by atoms with E-state index in [0.29, 0.717) is 5.25 Å². The molecule has 1 aromatic rings. The van der Waals surface area contributed by atoms with Crippen LogP contribution in [0.2, 0.25) is 0 Å². The molecule has 1 rings (SSSR count). The molecular formula is C16H24N2O3S. The topological polar surface area (TPSA) is 69.6 Å². The van der Waals surface area contributed by atoms with Gasteiger partial charge in [0.2, 0.25) is 0 Å². The highest BCUT2D eigenvalue weighted by Crippen LogP contribution is 2.28. The van der Waals surface area contributed by atoms with Crippen LogP contribution in [0.1, 0.15) is 32.3 Å². The maximum absolute atomic E-state index is 12.0. The molecule has 0 radical (unpaired) electrons. The van der Waals surface area contributed by atoms with Crippen molar-refractivity contribution in [2.45, 2.75) is 43.8 Å². The lowest BCUT2D eigenvalue weighted by molar-refractivity contribution is -0.137. The zero-order valence-electron chi connectivity index (χ0n) is 13.5. The second-order valence-electron chi connectivity index (χ2n) is 5.31. The Hall–Kier alpha value is -1.69. The van der Waals surface area contributed by atoms with Gasteiger partial charge in [-0.05, 0) is 37.1 Å². The number of aliphatic carboxylic acids is 1. The van der Waals surface area contributed by atoms with Gasteiger partial charge in [0.05, 0.1) is 6.42 Å². The zero-order chi connectivity index (χ0) is 16.7. The van der Waals surface area contributed by atoms with Crippen LogP contribution in [0.5, 0.6) is 0 Å². The maximum Gasteiger partial charge on any atom is 0.321 e. The molecule has 1 aromatic carbocycles. The summed E-state index contributed by atoms with van der Waals surface area (Å²) >= 11 is 1.81. The van der Waals surface area contributed by atoms with E-state index >= 15 is 0 Å². The number of carboxylic acids is 1. The molecule has 2 N–H and O–H groups in total. The molecule has 22 heavy (non-hydrogen) atoms. The summed E-state index contributed by atoms with van der Waals surface area (Å²) in [5.74, 6) is -0.915. The number of carbonyl (C=O) groups is 2.